The first-order valence-electron chi connectivity index (χ1n) is 3.69. The Labute approximate surface area is 98.3 Å². The van der Waals surface area contributed by atoms with Crippen molar-refractivity contribution in [3.63, 3.8) is 0 Å². The Morgan fingerprint density at radius 1 is 1.12 bits per heavy atom. The van der Waals surface area contributed by atoms with Crippen molar-refractivity contribution in [1.82, 2.24) is 4.98 Å². The Morgan fingerprint density at radius 3 is 1.75 bits per heavy atom. The summed E-state index contributed by atoms with van der Waals surface area (Å²) in [6.07, 6.45) is 1.73. The summed E-state index contributed by atoms with van der Waals surface area (Å²) in [7, 11) is -6.26. The molecule has 4 N–H and O–H groups in total. The molecule has 1 rings (SSSR count). The maximum absolute atomic E-state index is 8.74. The molecule has 0 spiro atoms. The Kier molecular flexibility index (Phi) is 14.5. The molecule has 0 saturated heterocycles. The molecule has 0 aliphatic rings. The molecule has 0 saturated carbocycles. The Bertz CT molecular complexity index is 291. The molecular weight excluding hydrogens is 279 g/mol. The molecule has 0 fully saturated rings. The summed E-state index contributed by atoms with van der Waals surface area (Å²) in [5.74, 6) is 0.501. The van der Waals surface area contributed by atoms with Gasteiger partial charge in [0.25, 0.3) is 0 Å². The first-order chi connectivity index (χ1) is 7.40. The summed E-state index contributed by atoms with van der Waals surface area (Å²) < 4.78 is 17.5. The highest BCUT2D eigenvalue weighted by Crippen LogP contribution is 1.99. The molecule has 16 heavy (non-hydrogen) atoms. The Balaban J connectivity index is 0. The van der Waals surface area contributed by atoms with E-state index in [0.29, 0.717) is 5.88 Å². The molecule has 0 bridgehead atoms. The SMILES string of the molecule is ClCc1ccccn1.O=[PH](O)O.O=[PH](O)O. The van der Waals surface area contributed by atoms with Crippen molar-refractivity contribution in [2.45, 2.75) is 5.88 Å². The van der Waals surface area contributed by atoms with Gasteiger partial charge in [0, 0.05) is 6.20 Å². The lowest BCUT2D eigenvalue weighted by molar-refractivity contribution is 0.403. The third kappa shape index (κ3) is 23.5. The second-order valence-electron chi connectivity index (χ2n) is 2.02. The average Bonchev–Trinajstić information content (AvgIpc) is 2.17. The number of aromatic nitrogens is 1. The third-order valence-electron chi connectivity index (χ3n) is 0.863. The summed E-state index contributed by atoms with van der Waals surface area (Å²) in [6.45, 7) is 0. The smallest absolute Gasteiger partial charge is 0.314 e. The number of rotatable bonds is 1. The van der Waals surface area contributed by atoms with Gasteiger partial charge in [0.05, 0.1) is 11.6 Å². The summed E-state index contributed by atoms with van der Waals surface area (Å²) in [4.78, 5) is 32.6. The van der Waals surface area contributed by atoms with E-state index in [1.54, 1.807) is 6.20 Å². The third-order valence-corrected chi connectivity index (χ3v) is 1.14. The highest BCUT2D eigenvalue weighted by Gasteiger charge is 1.83. The molecule has 1 heterocycles. The van der Waals surface area contributed by atoms with E-state index in [1.807, 2.05) is 18.2 Å². The van der Waals surface area contributed by atoms with Gasteiger partial charge in [-0.05, 0) is 12.1 Å². The number of pyridine rings is 1. The van der Waals surface area contributed by atoms with Gasteiger partial charge >= 0.3 is 16.5 Å². The fourth-order valence-corrected chi connectivity index (χ4v) is 0.635. The minimum atomic E-state index is -3.13. The summed E-state index contributed by atoms with van der Waals surface area (Å²) in [6, 6.07) is 5.69. The predicted octanol–water partition coefficient (Wildman–Crippen LogP) is 0.542. The largest absolute Gasteiger partial charge is 0.326 e. The molecule has 0 radical (unpaired) electrons. The minimum absolute atomic E-state index is 0.501. The normalized spacial score (nSPS) is 8.94. The van der Waals surface area contributed by atoms with E-state index >= 15 is 0 Å². The van der Waals surface area contributed by atoms with E-state index in [0.717, 1.165) is 5.69 Å². The maximum atomic E-state index is 8.74. The fraction of sp³-hybridized carbons (Fsp3) is 0.167. The molecule has 7 nitrogen and oxygen atoms in total. The van der Waals surface area contributed by atoms with Gasteiger partial charge in [-0.25, -0.2) is 0 Å². The number of nitrogens with zero attached hydrogens (tertiary/aromatic N) is 1. The van der Waals surface area contributed by atoms with Crippen molar-refractivity contribution in [2.75, 3.05) is 0 Å². The van der Waals surface area contributed by atoms with Crippen molar-refractivity contribution in [1.29, 1.82) is 0 Å². The van der Waals surface area contributed by atoms with Crippen molar-refractivity contribution in [2.24, 2.45) is 0 Å². The summed E-state index contributed by atoms with van der Waals surface area (Å²) in [5, 5.41) is 0. The summed E-state index contributed by atoms with van der Waals surface area (Å²) in [5.41, 5.74) is 0.925. The van der Waals surface area contributed by atoms with E-state index in [9.17, 15) is 0 Å². The topological polar surface area (TPSA) is 128 Å². The van der Waals surface area contributed by atoms with Crippen LogP contribution in [0.2, 0.25) is 0 Å². The number of alkyl halides is 1. The second-order valence-corrected chi connectivity index (χ2v) is 3.42. The van der Waals surface area contributed by atoms with Crippen LogP contribution in [0, 0.1) is 0 Å². The average molecular weight is 292 g/mol. The van der Waals surface area contributed by atoms with Gasteiger partial charge in [0.2, 0.25) is 0 Å². The quantitative estimate of drug-likeness (QED) is 0.439. The van der Waals surface area contributed by atoms with Crippen LogP contribution in [0.15, 0.2) is 24.4 Å². The van der Waals surface area contributed by atoms with Crippen molar-refractivity contribution in [3.8, 4) is 0 Å². The standard InChI is InChI=1S/C6H6ClN.2H3O3P/c7-5-6-3-1-2-4-8-6;2*1-4(2)3/h1-4H,5H2;2*4H,(H2,1,2,3). The molecule has 0 aliphatic heterocycles. The number of halogens is 1. The zero-order valence-electron chi connectivity index (χ0n) is 7.95. The number of hydrogen-bond donors (Lipinski definition) is 4. The van der Waals surface area contributed by atoms with E-state index in [1.165, 1.54) is 0 Å². The first kappa shape index (κ1) is 18.1. The number of hydrogen-bond acceptors (Lipinski definition) is 3. The predicted molar refractivity (Wildman–Crippen MR) is 60.7 cm³/mol. The van der Waals surface area contributed by atoms with Crippen LogP contribution in [0.25, 0.3) is 0 Å². The molecule has 0 unspecified atom stereocenters. The molecule has 0 amide bonds. The Hall–Kier alpha value is -0.260. The zero-order valence-corrected chi connectivity index (χ0v) is 10.7. The highest BCUT2D eigenvalue weighted by atomic mass is 35.5. The van der Waals surface area contributed by atoms with Crippen molar-refractivity contribution < 1.29 is 28.7 Å². The zero-order chi connectivity index (χ0) is 13.0. The van der Waals surface area contributed by atoms with Crippen molar-refractivity contribution in [3.05, 3.63) is 30.1 Å². The molecule has 94 valence electrons. The van der Waals surface area contributed by atoms with Crippen LogP contribution in [0.5, 0.6) is 0 Å². The van der Waals surface area contributed by atoms with Crippen LogP contribution in [-0.2, 0) is 15.0 Å². The van der Waals surface area contributed by atoms with Gasteiger partial charge in [-0.2, -0.15) is 0 Å². The van der Waals surface area contributed by atoms with Gasteiger partial charge in [-0.3, -0.25) is 14.1 Å². The van der Waals surface area contributed by atoms with Gasteiger partial charge in [-0.1, -0.05) is 6.07 Å². The van der Waals surface area contributed by atoms with Crippen LogP contribution in [0.4, 0.5) is 0 Å². The van der Waals surface area contributed by atoms with Gasteiger partial charge < -0.3 is 19.6 Å². The minimum Gasteiger partial charge on any atom is -0.326 e. The van der Waals surface area contributed by atoms with Crippen LogP contribution >= 0.6 is 28.1 Å². The lowest BCUT2D eigenvalue weighted by Gasteiger charge is -1.87. The second kappa shape index (κ2) is 12.8. The van der Waals surface area contributed by atoms with E-state index in [2.05, 4.69) is 4.98 Å². The van der Waals surface area contributed by atoms with Crippen LogP contribution in [-0.4, -0.2) is 24.6 Å². The fourth-order valence-electron chi connectivity index (χ4n) is 0.477. The van der Waals surface area contributed by atoms with E-state index < -0.39 is 16.5 Å². The van der Waals surface area contributed by atoms with E-state index in [-0.39, 0.29) is 0 Å². The summed E-state index contributed by atoms with van der Waals surface area (Å²) >= 11 is 5.46. The van der Waals surface area contributed by atoms with Gasteiger partial charge in [0.15, 0.2) is 0 Å². The molecule has 0 aliphatic carbocycles. The molecule has 0 atom stereocenters. The van der Waals surface area contributed by atoms with Crippen LogP contribution in [0.1, 0.15) is 5.69 Å². The molecule has 10 heteroatoms. The molecule has 0 aromatic carbocycles. The molecule has 1 aromatic rings. The van der Waals surface area contributed by atoms with Crippen LogP contribution in [0.3, 0.4) is 0 Å². The maximum Gasteiger partial charge on any atom is 0.314 e. The van der Waals surface area contributed by atoms with E-state index in [4.69, 9.17) is 40.3 Å². The first-order valence-corrected chi connectivity index (χ1v) is 6.83. The van der Waals surface area contributed by atoms with Crippen molar-refractivity contribution >= 4 is 28.1 Å². The lowest BCUT2D eigenvalue weighted by Crippen LogP contribution is -1.79. The highest BCUT2D eigenvalue weighted by molar-refractivity contribution is 7.31. The van der Waals surface area contributed by atoms with Crippen LogP contribution < -0.4 is 0 Å². The molecular formula is C6H12ClNO6P2. The van der Waals surface area contributed by atoms with Gasteiger partial charge in [-0.15, -0.1) is 11.6 Å². The Morgan fingerprint density at radius 2 is 1.56 bits per heavy atom. The monoisotopic (exact) mass is 291 g/mol. The molecule has 1 aromatic heterocycles. The lowest BCUT2D eigenvalue weighted by atomic mass is 10.4. The van der Waals surface area contributed by atoms with Gasteiger partial charge in [0.1, 0.15) is 0 Å².